The third-order valence-electron chi connectivity index (χ3n) is 4.15. The number of ketones is 1. The molecule has 0 radical (unpaired) electrons. The largest absolute Gasteiger partial charge is 0.350 e. The van der Waals surface area contributed by atoms with Crippen LogP contribution in [0.3, 0.4) is 0 Å². The van der Waals surface area contributed by atoms with Crippen LogP contribution < -0.4 is 0 Å². The highest BCUT2D eigenvalue weighted by Crippen LogP contribution is 2.50. The molecule has 21 heavy (non-hydrogen) atoms. The van der Waals surface area contributed by atoms with E-state index in [0.29, 0.717) is 5.92 Å². The van der Waals surface area contributed by atoms with Gasteiger partial charge in [0.15, 0.2) is 5.78 Å². The van der Waals surface area contributed by atoms with Crippen LogP contribution in [-0.2, 0) is 11.8 Å². The van der Waals surface area contributed by atoms with Crippen LogP contribution in [-0.4, -0.2) is 22.9 Å². The van der Waals surface area contributed by atoms with Crippen LogP contribution in [0.2, 0.25) is 0 Å². The molecule has 0 spiro atoms. The summed E-state index contributed by atoms with van der Waals surface area (Å²) in [5.74, 6) is 0.849. The highest BCUT2D eigenvalue weighted by Gasteiger charge is 2.44. The topological polar surface area (TPSA) is 22.0 Å². The molecule has 2 aromatic rings. The van der Waals surface area contributed by atoms with Crippen molar-refractivity contribution in [3.05, 3.63) is 46.3 Å². The summed E-state index contributed by atoms with van der Waals surface area (Å²) in [6, 6.07) is 8.44. The second kappa shape index (κ2) is 5.93. The number of hydrogen-bond acceptors (Lipinski definition) is 3. The molecular formula is C17H19NOS2. The minimum Gasteiger partial charge on any atom is -0.350 e. The highest BCUT2D eigenvalue weighted by molar-refractivity contribution is 8.21. The summed E-state index contributed by atoms with van der Waals surface area (Å²) >= 11 is 3.29. The van der Waals surface area contributed by atoms with Gasteiger partial charge in [-0.15, -0.1) is 23.5 Å². The average molecular weight is 317 g/mol. The molecule has 0 N–H and O–H groups in total. The maximum absolute atomic E-state index is 12.4. The Labute approximate surface area is 134 Å². The Morgan fingerprint density at radius 2 is 2.00 bits per heavy atom. The summed E-state index contributed by atoms with van der Waals surface area (Å²) in [7, 11) is 2.07. The predicted octanol–water partition coefficient (Wildman–Crippen LogP) is 4.42. The van der Waals surface area contributed by atoms with Crippen LogP contribution in [0, 0.1) is 5.92 Å². The van der Waals surface area contributed by atoms with Crippen LogP contribution >= 0.6 is 23.5 Å². The van der Waals surface area contributed by atoms with E-state index in [1.807, 2.05) is 18.6 Å². The van der Waals surface area contributed by atoms with Crippen LogP contribution in [0.5, 0.6) is 0 Å². The summed E-state index contributed by atoms with van der Waals surface area (Å²) in [5.41, 5.74) is 2.57. The molecule has 1 saturated carbocycles. The molecule has 1 aromatic heterocycles. The van der Waals surface area contributed by atoms with Gasteiger partial charge in [-0.1, -0.05) is 18.2 Å². The quantitative estimate of drug-likeness (QED) is 0.762. The van der Waals surface area contributed by atoms with Gasteiger partial charge < -0.3 is 4.57 Å². The molecule has 1 aliphatic carbocycles. The third kappa shape index (κ3) is 2.79. The number of carbonyl (C=O) groups is 1. The summed E-state index contributed by atoms with van der Waals surface area (Å²) in [4.78, 5) is 12.4. The first kappa shape index (κ1) is 14.8. The summed E-state index contributed by atoms with van der Waals surface area (Å²) in [6.45, 7) is 0. The first-order chi connectivity index (χ1) is 10.2. The Morgan fingerprint density at radius 3 is 2.71 bits per heavy atom. The van der Waals surface area contributed by atoms with E-state index in [1.54, 1.807) is 23.5 Å². The zero-order valence-corrected chi connectivity index (χ0v) is 14.1. The Balaban J connectivity index is 1.84. The number of rotatable bonds is 5. The van der Waals surface area contributed by atoms with E-state index in [0.717, 1.165) is 10.7 Å². The van der Waals surface area contributed by atoms with Crippen molar-refractivity contribution in [2.75, 3.05) is 12.5 Å². The fourth-order valence-corrected chi connectivity index (χ4v) is 4.08. The molecule has 1 aromatic carbocycles. The van der Waals surface area contributed by atoms with E-state index >= 15 is 0 Å². The zero-order chi connectivity index (χ0) is 15.0. The molecule has 1 heterocycles. The zero-order valence-electron chi connectivity index (χ0n) is 12.5. The molecule has 2 nitrogen and oxygen atoms in total. The fraction of sp³-hybridized carbons (Fsp3) is 0.353. The summed E-state index contributed by atoms with van der Waals surface area (Å²) in [6.07, 6.45) is 9.04. The first-order valence-electron chi connectivity index (χ1n) is 7.03. The highest BCUT2D eigenvalue weighted by atomic mass is 32.2. The number of carbonyl (C=O) groups excluding carboxylic acids is 1. The van der Waals surface area contributed by atoms with E-state index in [9.17, 15) is 4.79 Å². The number of benzene rings is 1. The van der Waals surface area contributed by atoms with Crippen molar-refractivity contribution in [1.29, 1.82) is 0 Å². The van der Waals surface area contributed by atoms with Crippen LogP contribution in [0.4, 0.5) is 0 Å². The van der Waals surface area contributed by atoms with Gasteiger partial charge in [-0.05, 0) is 36.5 Å². The molecule has 3 rings (SSSR count). The van der Waals surface area contributed by atoms with Crippen LogP contribution in [0.1, 0.15) is 17.9 Å². The lowest BCUT2D eigenvalue weighted by Crippen LogP contribution is -1.98. The van der Waals surface area contributed by atoms with Gasteiger partial charge in [0.05, 0.1) is 0 Å². The molecule has 1 fully saturated rings. The van der Waals surface area contributed by atoms with Gasteiger partial charge in [-0.2, -0.15) is 0 Å². The molecule has 0 saturated heterocycles. The minimum absolute atomic E-state index is 0.171. The van der Waals surface area contributed by atoms with Gasteiger partial charge in [0.1, 0.15) is 0 Å². The van der Waals surface area contributed by atoms with Crippen molar-refractivity contribution in [3.63, 3.8) is 0 Å². The van der Waals surface area contributed by atoms with Gasteiger partial charge in [0, 0.05) is 40.4 Å². The number of aryl methyl sites for hydroxylation is 1. The van der Waals surface area contributed by atoms with E-state index in [1.165, 1.54) is 16.5 Å². The fourth-order valence-electron chi connectivity index (χ4n) is 2.95. The molecule has 2 atom stereocenters. The first-order valence-corrected chi connectivity index (χ1v) is 9.48. The predicted molar refractivity (Wildman–Crippen MR) is 93.9 cm³/mol. The number of aromatic nitrogens is 1. The number of allylic oxidation sites excluding steroid dienone is 1. The normalized spacial score (nSPS) is 20.5. The Morgan fingerprint density at radius 1 is 1.29 bits per heavy atom. The third-order valence-corrected chi connectivity index (χ3v) is 6.19. The minimum atomic E-state index is 0.171. The summed E-state index contributed by atoms with van der Waals surface area (Å²) in [5, 5.41) is 1.29. The maximum Gasteiger partial charge on any atom is 0.161 e. The molecule has 1 aliphatic rings. The molecule has 0 amide bonds. The van der Waals surface area contributed by atoms with Crippen LogP contribution in [0.25, 0.3) is 10.9 Å². The molecule has 0 aliphatic heterocycles. The Kier molecular flexibility index (Phi) is 4.18. The van der Waals surface area contributed by atoms with Crippen LogP contribution in [0.15, 0.2) is 40.8 Å². The van der Waals surface area contributed by atoms with E-state index < -0.39 is 0 Å². The molecule has 0 bridgehead atoms. The standard InChI is InChI=1S/C17H19NOS2/c1-18-10-14(11-6-4-5-7-15(11)18)12-8-13(12)16(19)9-17(20-2)21-3/h4-7,9-10,12-13H,8H2,1-3H3. The van der Waals surface area contributed by atoms with E-state index in [-0.39, 0.29) is 11.7 Å². The Bertz CT molecular complexity index is 711. The number of nitrogens with zero attached hydrogens (tertiary/aromatic N) is 1. The SMILES string of the molecule is CSC(=CC(=O)C1CC1c1cn(C)c2ccccc12)SC. The molecule has 110 valence electrons. The van der Waals surface area contributed by atoms with E-state index in [2.05, 4.69) is 42.1 Å². The van der Waals surface area contributed by atoms with E-state index in [4.69, 9.17) is 0 Å². The number of para-hydroxylation sites is 1. The van der Waals surface area contributed by atoms with Crippen molar-refractivity contribution < 1.29 is 4.79 Å². The lowest BCUT2D eigenvalue weighted by atomic mass is 10.1. The van der Waals surface area contributed by atoms with Crippen molar-refractivity contribution in [3.8, 4) is 0 Å². The maximum atomic E-state index is 12.4. The average Bonchev–Trinajstić information content (AvgIpc) is 3.24. The number of fused-ring (bicyclic) bond motifs is 1. The van der Waals surface area contributed by atoms with Gasteiger partial charge >= 0.3 is 0 Å². The lowest BCUT2D eigenvalue weighted by molar-refractivity contribution is -0.115. The van der Waals surface area contributed by atoms with Crippen molar-refractivity contribution in [1.82, 2.24) is 4.57 Å². The van der Waals surface area contributed by atoms with Gasteiger partial charge in [-0.3, -0.25) is 4.79 Å². The second-order valence-corrected chi connectivity index (χ2v) is 7.39. The van der Waals surface area contributed by atoms with Gasteiger partial charge in [-0.25, -0.2) is 0 Å². The van der Waals surface area contributed by atoms with Gasteiger partial charge in [0.2, 0.25) is 0 Å². The monoisotopic (exact) mass is 317 g/mol. The Hall–Kier alpha value is -1.13. The van der Waals surface area contributed by atoms with Gasteiger partial charge in [0.25, 0.3) is 0 Å². The van der Waals surface area contributed by atoms with Crippen molar-refractivity contribution in [2.45, 2.75) is 12.3 Å². The number of hydrogen-bond donors (Lipinski definition) is 0. The van der Waals surface area contributed by atoms with Crippen molar-refractivity contribution >= 4 is 40.2 Å². The lowest BCUT2D eigenvalue weighted by Gasteiger charge is -1.99. The summed E-state index contributed by atoms with van der Waals surface area (Å²) < 4.78 is 3.26. The number of thioether (sulfide) groups is 2. The molecule has 4 heteroatoms. The molecule has 2 unspecified atom stereocenters. The smallest absolute Gasteiger partial charge is 0.161 e. The van der Waals surface area contributed by atoms with Crippen molar-refractivity contribution in [2.24, 2.45) is 13.0 Å². The molecular weight excluding hydrogens is 298 g/mol. The second-order valence-electron chi connectivity index (χ2n) is 5.44.